The molecule has 3 aromatic rings. The number of nitrogens with two attached hydrogens (primary N) is 1. The molecule has 1 aromatic heterocycles. The van der Waals surface area contributed by atoms with Crippen LogP contribution in [0.15, 0.2) is 48.5 Å². The SMILES string of the molecule is CC(Oc1cccc(C(=O)Nc2cc3n(n2)CCN3c2ccc3c(c2)CCN(C)C3=O)c1)C(N)=O. The van der Waals surface area contributed by atoms with E-state index in [2.05, 4.69) is 21.4 Å². The fraction of sp³-hybridized carbons (Fsp3) is 0.280. The van der Waals surface area contributed by atoms with Gasteiger partial charge in [0.25, 0.3) is 17.7 Å². The predicted octanol–water partition coefficient (Wildman–Crippen LogP) is 2.17. The van der Waals surface area contributed by atoms with Crippen molar-refractivity contribution in [2.75, 3.05) is 30.4 Å². The summed E-state index contributed by atoms with van der Waals surface area (Å²) in [6, 6.07) is 14.3. The number of benzene rings is 2. The third-order valence-electron chi connectivity index (χ3n) is 6.32. The van der Waals surface area contributed by atoms with Crippen LogP contribution in [-0.4, -0.2) is 58.6 Å². The van der Waals surface area contributed by atoms with Crippen molar-refractivity contribution in [3.8, 4) is 5.75 Å². The first-order valence-corrected chi connectivity index (χ1v) is 11.4. The fourth-order valence-corrected chi connectivity index (χ4v) is 4.34. The zero-order valence-electron chi connectivity index (χ0n) is 19.5. The van der Waals surface area contributed by atoms with Gasteiger partial charge in [0.15, 0.2) is 11.9 Å². The topological polar surface area (TPSA) is 123 Å². The maximum absolute atomic E-state index is 12.8. The summed E-state index contributed by atoms with van der Waals surface area (Å²) < 4.78 is 7.33. The van der Waals surface area contributed by atoms with Crippen molar-refractivity contribution >= 4 is 35.0 Å². The molecular weight excluding hydrogens is 448 g/mol. The van der Waals surface area contributed by atoms with E-state index in [1.807, 2.05) is 29.9 Å². The second-order valence-electron chi connectivity index (χ2n) is 8.73. The number of fused-ring (bicyclic) bond motifs is 2. The molecule has 5 rings (SSSR count). The van der Waals surface area contributed by atoms with Gasteiger partial charge in [-0.25, -0.2) is 4.68 Å². The number of amides is 3. The van der Waals surface area contributed by atoms with Gasteiger partial charge in [0.2, 0.25) is 0 Å². The maximum Gasteiger partial charge on any atom is 0.258 e. The number of carbonyl (C=O) groups excluding carboxylic acids is 3. The Hall–Kier alpha value is -4.34. The molecule has 0 fully saturated rings. The number of nitrogens with one attached hydrogen (secondary N) is 1. The van der Waals surface area contributed by atoms with Crippen LogP contribution < -0.4 is 20.7 Å². The molecular formula is C25H26N6O4. The second kappa shape index (κ2) is 8.79. The van der Waals surface area contributed by atoms with Gasteiger partial charge in [0.1, 0.15) is 11.6 Å². The molecule has 3 amide bonds. The van der Waals surface area contributed by atoms with Gasteiger partial charge in [0.05, 0.1) is 6.54 Å². The first-order valence-electron chi connectivity index (χ1n) is 11.4. The monoisotopic (exact) mass is 474 g/mol. The van der Waals surface area contributed by atoms with Crippen molar-refractivity contribution in [1.29, 1.82) is 0 Å². The Morgan fingerprint density at radius 3 is 2.74 bits per heavy atom. The molecule has 0 aliphatic carbocycles. The Morgan fingerprint density at radius 1 is 1.11 bits per heavy atom. The highest BCUT2D eigenvalue weighted by Gasteiger charge is 2.27. The van der Waals surface area contributed by atoms with Crippen molar-refractivity contribution in [3.05, 3.63) is 65.2 Å². The van der Waals surface area contributed by atoms with Crippen LogP contribution in [0.5, 0.6) is 5.75 Å². The molecule has 10 heteroatoms. The van der Waals surface area contributed by atoms with Gasteiger partial charge < -0.3 is 25.6 Å². The molecule has 2 aromatic carbocycles. The van der Waals surface area contributed by atoms with E-state index in [9.17, 15) is 14.4 Å². The number of carbonyl (C=O) groups is 3. The molecule has 0 saturated carbocycles. The number of rotatable bonds is 6. The molecule has 35 heavy (non-hydrogen) atoms. The number of anilines is 3. The summed E-state index contributed by atoms with van der Waals surface area (Å²) in [5, 5.41) is 7.35. The lowest BCUT2D eigenvalue weighted by atomic mass is 9.98. The second-order valence-corrected chi connectivity index (χ2v) is 8.73. The van der Waals surface area contributed by atoms with Crippen molar-refractivity contribution in [2.24, 2.45) is 5.73 Å². The largest absolute Gasteiger partial charge is 0.481 e. The molecule has 10 nitrogen and oxygen atoms in total. The molecule has 0 radical (unpaired) electrons. The van der Waals surface area contributed by atoms with Gasteiger partial charge in [-0.1, -0.05) is 6.07 Å². The Kier molecular flexibility index (Phi) is 5.64. The molecule has 0 saturated heterocycles. The van der Waals surface area contributed by atoms with E-state index < -0.39 is 12.0 Å². The van der Waals surface area contributed by atoms with Crippen molar-refractivity contribution < 1.29 is 19.1 Å². The highest BCUT2D eigenvalue weighted by atomic mass is 16.5. The fourth-order valence-electron chi connectivity index (χ4n) is 4.34. The third kappa shape index (κ3) is 4.30. The van der Waals surface area contributed by atoms with Crippen molar-refractivity contribution in [2.45, 2.75) is 26.0 Å². The van der Waals surface area contributed by atoms with Gasteiger partial charge >= 0.3 is 0 Å². The Morgan fingerprint density at radius 2 is 1.94 bits per heavy atom. The average molecular weight is 475 g/mol. The molecule has 180 valence electrons. The molecule has 1 unspecified atom stereocenters. The van der Waals surface area contributed by atoms with E-state index >= 15 is 0 Å². The zero-order valence-corrected chi connectivity index (χ0v) is 19.5. The molecule has 3 heterocycles. The van der Waals surface area contributed by atoms with Gasteiger partial charge in [-0.05, 0) is 55.3 Å². The number of ether oxygens (including phenoxy) is 1. The van der Waals surface area contributed by atoms with Gasteiger partial charge in [-0.3, -0.25) is 14.4 Å². The number of hydrogen-bond donors (Lipinski definition) is 2. The Balaban J connectivity index is 1.32. The minimum atomic E-state index is -0.807. The van der Waals surface area contributed by atoms with Crippen molar-refractivity contribution in [3.63, 3.8) is 0 Å². The van der Waals surface area contributed by atoms with Crippen LogP contribution in [0.1, 0.15) is 33.2 Å². The normalized spacial score (nSPS) is 15.4. The van der Waals surface area contributed by atoms with Crippen LogP contribution in [0.2, 0.25) is 0 Å². The number of primary amides is 1. The highest BCUT2D eigenvalue weighted by molar-refractivity contribution is 6.04. The first-order chi connectivity index (χ1) is 16.8. The number of aromatic nitrogens is 2. The van der Waals surface area contributed by atoms with Gasteiger partial charge in [-0.15, -0.1) is 0 Å². The number of hydrogen-bond acceptors (Lipinski definition) is 6. The van der Waals surface area contributed by atoms with Gasteiger partial charge in [0, 0.05) is 43.0 Å². The van der Waals surface area contributed by atoms with Crippen LogP contribution in [0.3, 0.4) is 0 Å². The number of nitrogens with zero attached hydrogens (tertiary/aromatic N) is 4. The van der Waals surface area contributed by atoms with Crippen LogP contribution >= 0.6 is 0 Å². The minimum Gasteiger partial charge on any atom is -0.481 e. The summed E-state index contributed by atoms with van der Waals surface area (Å²) in [5.41, 5.74) is 8.40. The summed E-state index contributed by atoms with van der Waals surface area (Å²) in [7, 11) is 1.82. The summed E-state index contributed by atoms with van der Waals surface area (Å²) in [4.78, 5) is 40.3. The van der Waals surface area contributed by atoms with E-state index in [1.165, 1.54) is 0 Å². The van der Waals surface area contributed by atoms with Crippen LogP contribution in [0.4, 0.5) is 17.3 Å². The van der Waals surface area contributed by atoms with Crippen LogP contribution in [-0.2, 0) is 17.8 Å². The zero-order chi connectivity index (χ0) is 24.7. The lowest BCUT2D eigenvalue weighted by Gasteiger charge is -2.26. The van der Waals surface area contributed by atoms with E-state index in [0.717, 1.165) is 35.6 Å². The third-order valence-corrected chi connectivity index (χ3v) is 6.32. The van der Waals surface area contributed by atoms with Crippen LogP contribution in [0, 0.1) is 0 Å². The Bertz CT molecular complexity index is 1330. The summed E-state index contributed by atoms with van der Waals surface area (Å²) >= 11 is 0. The summed E-state index contributed by atoms with van der Waals surface area (Å²) in [6.45, 7) is 3.68. The summed E-state index contributed by atoms with van der Waals surface area (Å²) in [6.07, 6.45) is 0.0129. The standard InChI is InChI=1S/C25H26N6O4/c1-15(23(26)32)35-19-5-3-4-17(13-19)24(33)27-21-14-22-30(10-11-31(22)28-21)18-6-7-20-16(12-18)8-9-29(2)25(20)34/h3-7,12-15H,8-11H2,1-2H3,(H2,26,32)(H,27,28,33). The van der Waals surface area contributed by atoms with Crippen LogP contribution in [0.25, 0.3) is 0 Å². The summed E-state index contributed by atoms with van der Waals surface area (Å²) in [5.74, 6) is 0.789. The molecule has 3 N–H and O–H groups in total. The average Bonchev–Trinajstić information content (AvgIpc) is 3.41. The minimum absolute atomic E-state index is 0.0489. The smallest absolute Gasteiger partial charge is 0.258 e. The van der Waals surface area contributed by atoms with E-state index in [4.69, 9.17) is 10.5 Å². The molecule has 1 atom stereocenters. The molecule has 2 aliphatic rings. The van der Waals surface area contributed by atoms with Gasteiger partial charge in [-0.2, -0.15) is 5.10 Å². The predicted molar refractivity (Wildman–Crippen MR) is 130 cm³/mol. The van der Waals surface area contributed by atoms with E-state index in [1.54, 1.807) is 36.1 Å². The van der Waals surface area contributed by atoms with Crippen molar-refractivity contribution in [1.82, 2.24) is 14.7 Å². The maximum atomic E-state index is 12.8. The Labute approximate surface area is 202 Å². The molecule has 0 bridgehead atoms. The molecule has 2 aliphatic heterocycles. The first kappa shape index (κ1) is 22.5. The van der Waals surface area contributed by atoms with E-state index in [0.29, 0.717) is 30.2 Å². The number of likely N-dealkylation sites (N-methyl/N-ethyl adjacent to an activating group) is 1. The quantitative estimate of drug-likeness (QED) is 0.565. The highest BCUT2D eigenvalue weighted by Crippen LogP contribution is 2.34. The molecule has 0 spiro atoms. The lowest BCUT2D eigenvalue weighted by molar-refractivity contribution is -0.123. The lowest BCUT2D eigenvalue weighted by Crippen LogP contribution is -2.34. The van der Waals surface area contributed by atoms with E-state index in [-0.39, 0.29) is 11.8 Å².